The summed E-state index contributed by atoms with van der Waals surface area (Å²) in [5.41, 5.74) is 2.73. The molecule has 0 N–H and O–H groups in total. The van der Waals surface area contributed by atoms with Gasteiger partial charge in [0.15, 0.2) is 0 Å². The first-order chi connectivity index (χ1) is 10.9. The van der Waals surface area contributed by atoms with E-state index in [0.29, 0.717) is 25.0 Å². The van der Waals surface area contributed by atoms with Gasteiger partial charge in [-0.25, -0.2) is 0 Å². The molecule has 0 aromatic heterocycles. The van der Waals surface area contributed by atoms with Crippen LogP contribution in [0.5, 0.6) is 5.75 Å². The van der Waals surface area contributed by atoms with Crippen LogP contribution in [0.25, 0.3) is 0 Å². The lowest BCUT2D eigenvalue weighted by molar-refractivity contribution is 0.0886. The monoisotopic (exact) mass is 357 g/mol. The van der Waals surface area contributed by atoms with E-state index in [9.17, 15) is 0 Å². The number of likely N-dealkylation sites (N-methyl/N-ethyl adjacent to an activating group) is 1. The van der Waals surface area contributed by atoms with Crippen LogP contribution in [0.2, 0.25) is 0 Å². The van der Waals surface area contributed by atoms with Crippen molar-refractivity contribution in [3.63, 3.8) is 0 Å². The van der Waals surface area contributed by atoms with Gasteiger partial charge in [-0.2, -0.15) is 0 Å². The van der Waals surface area contributed by atoms with Gasteiger partial charge in [0.05, 0.1) is 13.2 Å². The minimum atomic E-state index is 0. The van der Waals surface area contributed by atoms with E-state index in [1.807, 2.05) is 0 Å². The van der Waals surface area contributed by atoms with Gasteiger partial charge in [0.25, 0.3) is 0 Å². The first kappa shape index (κ1) is 23.2. The SMILES string of the molecule is CC(C)Cc1ccc(OCCOCCN(C)C)c(CC(C)C)c1.Cl. The van der Waals surface area contributed by atoms with Gasteiger partial charge in [-0.3, -0.25) is 0 Å². The number of hydrogen-bond acceptors (Lipinski definition) is 3. The molecule has 0 fully saturated rings. The van der Waals surface area contributed by atoms with Crippen LogP contribution in [0.3, 0.4) is 0 Å². The zero-order valence-corrected chi connectivity index (χ0v) is 17.1. The van der Waals surface area contributed by atoms with Crippen molar-refractivity contribution in [2.75, 3.05) is 40.5 Å². The Morgan fingerprint density at radius 1 is 0.917 bits per heavy atom. The molecule has 1 aromatic rings. The maximum Gasteiger partial charge on any atom is 0.122 e. The first-order valence-corrected chi connectivity index (χ1v) is 8.85. The van der Waals surface area contributed by atoms with Crippen LogP contribution in [0.4, 0.5) is 0 Å². The summed E-state index contributed by atoms with van der Waals surface area (Å²) in [6, 6.07) is 6.66. The summed E-state index contributed by atoms with van der Waals surface area (Å²) in [6.07, 6.45) is 2.18. The third-order valence-corrected chi connectivity index (χ3v) is 3.57. The Balaban J connectivity index is 0.00000529. The fourth-order valence-corrected chi connectivity index (χ4v) is 2.53. The van der Waals surface area contributed by atoms with E-state index in [4.69, 9.17) is 9.47 Å². The molecule has 0 heterocycles. The Morgan fingerprint density at radius 3 is 2.17 bits per heavy atom. The average Bonchev–Trinajstić information content (AvgIpc) is 2.43. The highest BCUT2D eigenvalue weighted by Crippen LogP contribution is 2.24. The topological polar surface area (TPSA) is 21.7 Å². The molecule has 0 saturated carbocycles. The number of benzene rings is 1. The van der Waals surface area contributed by atoms with Crippen molar-refractivity contribution in [2.45, 2.75) is 40.5 Å². The van der Waals surface area contributed by atoms with Crippen LogP contribution in [0.1, 0.15) is 38.8 Å². The van der Waals surface area contributed by atoms with Crippen LogP contribution >= 0.6 is 12.4 Å². The first-order valence-electron chi connectivity index (χ1n) is 8.85. The van der Waals surface area contributed by atoms with Gasteiger partial charge in [-0.1, -0.05) is 39.8 Å². The summed E-state index contributed by atoms with van der Waals surface area (Å²) in [7, 11) is 4.10. The van der Waals surface area contributed by atoms with Crippen LogP contribution < -0.4 is 4.74 Å². The number of halogens is 1. The Bertz CT molecular complexity index is 447. The van der Waals surface area contributed by atoms with Crippen LogP contribution in [0, 0.1) is 11.8 Å². The molecule has 0 amide bonds. The number of nitrogens with zero attached hydrogens (tertiary/aromatic N) is 1. The van der Waals surface area contributed by atoms with Gasteiger partial charge < -0.3 is 14.4 Å². The van der Waals surface area contributed by atoms with Crippen molar-refractivity contribution in [3.8, 4) is 5.75 Å². The normalized spacial score (nSPS) is 11.2. The summed E-state index contributed by atoms with van der Waals surface area (Å²) in [6.45, 7) is 12.0. The average molecular weight is 358 g/mol. The second-order valence-electron chi connectivity index (χ2n) is 7.40. The molecule has 3 nitrogen and oxygen atoms in total. The molecule has 1 aromatic carbocycles. The molecule has 0 aliphatic rings. The molecular weight excluding hydrogens is 322 g/mol. The van der Waals surface area contributed by atoms with Gasteiger partial charge in [-0.15, -0.1) is 12.4 Å². The van der Waals surface area contributed by atoms with E-state index in [1.165, 1.54) is 11.1 Å². The van der Waals surface area contributed by atoms with E-state index >= 15 is 0 Å². The largest absolute Gasteiger partial charge is 0.491 e. The summed E-state index contributed by atoms with van der Waals surface area (Å²) in [5, 5.41) is 0. The molecule has 0 bridgehead atoms. The molecule has 0 saturated heterocycles. The predicted octanol–water partition coefficient (Wildman–Crippen LogP) is 4.46. The van der Waals surface area contributed by atoms with Gasteiger partial charge in [-0.05, 0) is 56.0 Å². The van der Waals surface area contributed by atoms with Gasteiger partial charge in [0.1, 0.15) is 12.4 Å². The Kier molecular flexibility index (Phi) is 12.2. The summed E-state index contributed by atoms with van der Waals surface area (Å²) < 4.78 is 11.6. The van der Waals surface area contributed by atoms with Crippen molar-refractivity contribution in [3.05, 3.63) is 29.3 Å². The quantitative estimate of drug-likeness (QED) is 0.546. The molecular formula is C20H36ClNO2. The third-order valence-electron chi connectivity index (χ3n) is 3.57. The van der Waals surface area contributed by atoms with E-state index in [2.05, 4.69) is 64.9 Å². The fraction of sp³-hybridized carbons (Fsp3) is 0.700. The molecule has 0 spiro atoms. The number of hydrogen-bond donors (Lipinski definition) is 0. The Hall–Kier alpha value is -0.770. The van der Waals surface area contributed by atoms with Crippen LogP contribution in [0.15, 0.2) is 18.2 Å². The van der Waals surface area contributed by atoms with E-state index in [0.717, 1.165) is 31.7 Å². The predicted molar refractivity (Wildman–Crippen MR) is 106 cm³/mol. The van der Waals surface area contributed by atoms with Gasteiger partial charge in [0, 0.05) is 6.54 Å². The smallest absolute Gasteiger partial charge is 0.122 e. The third kappa shape index (κ3) is 10.2. The van der Waals surface area contributed by atoms with Gasteiger partial charge >= 0.3 is 0 Å². The van der Waals surface area contributed by atoms with Crippen molar-refractivity contribution in [1.29, 1.82) is 0 Å². The standard InChI is InChI=1S/C20H35NO2.ClH/c1-16(2)13-18-7-8-20(19(15-18)14-17(3)4)23-12-11-22-10-9-21(5)6;/h7-8,15-17H,9-14H2,1-6H3;1H. The molecule has 1 rings (SSSR count). The number of rotatable bonds is 11. The van der Waals surface area contributed by atoms with E-state index in [1.54, 1.807) is 0 Å². The zero-order chi connectivity index (χ0) is 17.2. The minimum absolute atomic E-state index is 0. The van der Waals surface area contributed by atoms with Crippen LogP contribution in [-0.2, 0) is 17.6 Å². The molecule has 0 atom stereocenters. The van der Waals surface area contributed by atoms with Crippen molar-refractivity contribution < 1.29 is 9.47 Å². The summed E-state index contributed by atoms with van der Waals surface area (Å²) in [5.74, 6) is 2.32. The lowest BCUT2D eigenvalue weighted by Gasteiger charge is -2.16. The zero-order valence-electron chi connectivity index (χ0n) is 16.3. The molecule has 24 heavy (non-hydrogen) atoms. The van der Waals surface area contributed by atoms with Crippen molar-refractivity contribution in [1.82, 2.24) is 4.90 Å². The minimum Gasteiger partial charge on any atom is -0.491 e. The van der Waals surface area contributed by atoms with Crippen molar-refractivity contribution >= 4 is 12.4 Å². The second kappa shape index (κ2) is 12.6. The summed E-state index contributed by atoms with van der Waals surface area (Å²) in [4.78, 5) is 2.12. The highest BCUT2D eigenvalue weighted by atomic mass is 35.5. The maximum absolute atomic E-state index is 5.97. The van der Waals surface area contributed by atoms with E-state index in [-0.39, 0.29) is 12.4 Å². The molecule has 140 valence electrons. The number of ether oxygens (including phenoxy) is 2. The fourth-order valence-electron chi connectivity index (χ4n) is 2.53. The Labute approximate surface area is 155 Å². The Morgan fingerprint density at radius 2 is 1.58 bits per heavy atom. The lowest BCUT2D eigenvalue weighted by Crippen LogP contribution is -2.19. The molecule has 4 heteroatoms. The van der Waals surface area contributed by atoms with Gasteiger partial charge in [0.2, 0.25) is 0 Å². The highest BCUT2D eigenvalue weighted by molar-refractivity contribution is 5.85. The molecule has 0 aliphatic heterocycles. The molecule has 0 aliphatic carbocycles. The van der Waals surface area contributed by atoms with Crippen molar-refractivity contribution in [2.24, 2.45) is 11.8 Å². The second-order valence-corrected chi connectivity index (χ2v) is 7.40. The lowest BCUT2D eigenvalue weighted by atomic mass is 9.96. The molecule has 0 unspecified atom stereocenters. The van der Waals surface area contributed by atoms with E-state index < -0.39 is 0 Å². The van der Waals surface area contributed by atoms with Crippen LogP contribution in [-0.4, -0.2) is 45.4 Å². The highest BCUT2D eigenvalue weighted by Gasteiger charge is 2.09. The summed E-state index contributed by atoms with van der Waals surface area (Å²) >= 11 is 0. The molecule has 0 radical (unpaired) electrons. The maximum atomic E-state index is 5.97.